The summed E-state index contributed by atoms with van der Waals surface area (Å²) >= 11 is 0. The quantitative estimate of drug-likeness (QED) is 0.786. The summed E-state index contributed by atoms with van der Waals surface area (Å²) in [6.07, 6.45) is 5.94. The van der Waals surface area contributed by atoms with Crippen LogP contribution in [0.2, 0.25) is 0 Å². The summed E-state index contributed by atoms with van der Waals surface area (Å²) in [7, 11) is -3.42. The molecule has 0 aliphatic heterocycles. The molecule has 0 atom stereocenters. The molecule has 0 heterocycles. The van der Waals surface area contributed by atoms with E-state index in [1.54, 1.807) is 6.07 Å². The topological polar surface area (TPSA) is 63.6 Å². The standard InChI is InChI=1S/C18H25NO3S/c1-5-14-16(18(20)19-3)11-10-15(17(14)23(4,21)22)13-8-6-12(2)7-9-13/h10-13H,3,5-9H2,1-2,4H3. The lowest BCUT2D eigenvalue weighted by Gasteiger charge is -2.29. The number of carbonyl (C=O) groups is 1. The van der Waals surface area contributed by atoms with E-state index >= 15 is 0 Å². The van der Waals surface area contributed by atoms with Crippen molar-refractivity contribution in [2.45, 2.75) is 56.8 Å². The van der Waals surface area contributed by atoms with E-state index in [1.165, 1.54) is 6.26 Å². The van der Waals surface area contributed by atoms with Crippen molar-refractivity contribution in [3.63, 3.8) is 0 Å². The van der Waals surface area contributed by atoms with Gasteiger partial charge in [0, 0.05) is 11.8 Å². The predicted molar refractivity (Wildman–Crippen MR) is 93.2 cm³/mol. The molecule has 1 aromatic rings. The fourth-order valence-corrected chi connectivity index (χ4v) is 4.98. The van der Waals surface area contributed by atoms with Gasteiger partial charge in [-0.2, -0.15) is 0 Å². The molecule has 1 aliphatic rings. The van der Waals surface area contributed by atoms with Crippen LogP contribution in [0, 0.1) is 5.92 Å². The molecule has 126 valence electrons. The average Bonchev–Trinajstić information content (AvgIpc) is 2.52. The van der Waals surface area contributed by atoms with Crippen LogP contribution in [0.15, 0.2) is 22.0 Å². The van der Waals surface area contributed by atoms with Gasteiger partial charge in [-0.1, -0.05) is 32.8 Å². The Labute approximate surface area is 138 Å². The average molecular weight is 335 g/mol. The number of aliphatic imine (C=N–C) groups is 1. The van der Waals surface area contributed by atoms with Crippen molar-refractivity contribution in [1.29, 1.82) is 0 Å². The van der Waals surface area contributed by atoms with Crippen molar-refractivity contribution in [3.05, 3.63) is 28.8 Å². The highest BCUT2D eigenvalue weighted by Crippen LogP contribution is 2.40. The van der Waals surface area contributed by atoms with E-state index in [1.807, 2.05) is 13.0 Å². The van der Waals surface area contributed by atoms with Gasteiger partial charge in [-0.15, -0.1) is 0 Å². The largest absolute Gasteiger partial charge is 0.276 e. The molecule has 0 bridgehead atoms. The summed E-state index contributed by atoms with van der Waals surface area (Å²) in [5.41, 5.74) is 1.81. The maximum atomic E-state index is 12.4. The van der Waals surface area contributed by atoms with E-state index in [-0.39, 0.29) is 5.92 Å². The summed E-state index contributed by atoms with van der Waals surface area (Å²) in [4.78, 5) is 15.8. The third-order valence-corrected chi connectivity index (χ3v) is 6.07. The van der Waals surface area contributed by atoms with Crippen LogP contribution in [0.3, 0.4) is 0 Å². The van der Waals surface area contributed by atoms with Gasteiger partial charge in [0.25, 0.3) is 5.91 Å². The Morgan fingerprint density at radius 3 is 2.35 bits per heavy atom. The monoisotopic (exact) mass is 335 g/mol. The van der Waals surface area contributed by atoms with Crippen LogP contribution in [0.1, 0.15) is 66.9 Å². The Hall–Kier alpha value is -1.49. The molecule has 1 saturated carbocycles. The number of rotatable bonds is 4. The lowest BCUT2D eigenvalue weighted by molar-refractivity contribution is 0.100. The van der Waals surface area contributed by atoms with Gasteiger partial charge in [-0.05, 0) is 55.0 Å². The van der Waals surface area contributed by atoms with Gasteiger partial charge in [-0.25, -0.2) is 13.4 Å². The number of carbonyl (C=O) groups excluding carboxylic acids is 1. The summed E-state index contributed by atoms with van der Waals surface area (Å²) in [5, 5.41) is 0. The highest BCUT2D eigenvalue weighted by Gasteiger charge is 2.28. The Kier molecular flexibility index (Phi) is 5.40. The van der Waals surface area contributed by atoms with Crippen LogP contribution in [0.5, 0.6) is 0 Å². The molecule has 1 fully saturated rings. The minimum atomic E-state index is -3.42. The second kappa shape index (κ2) is 6.95. The molecule has 1 amide bonds. The molecule has 4 nitrogen and oxygen atoms in total. The Bertz CT molecular complexity index is 714. The zero-order valence-corrected chi connectivity index (χ0v) is 14.9. The van der Waals surface area contributed by atoms with Crippen LogP contribution in [0.4, 0.5) is 0 Å². The molecule has 0 spiro atoms. The maximum absolute atomic E-state index is 12.4. The highest BCUT2D eigenvalue weighted by molar-refractivity contribution is 7.90. The zero-order chi connectivity index (χ0) is 17.2. The lowest BCUT2D eigenvalue weighted by atomic mass is 9.78. The number of nitrogens with zero attached hydrogens (tertiary/aromatic N) is 1. The molecule has 0 N–H and O–H groups in total. The summed E-state index contributed by atoms with van der Waals surface area (Å²) < 4.78 is 24.9. The first-order chi connectivity index (χ1) is 10.8. The van der Waals surface area contributed by atoms with Gasteiger partial charge in [-0.3, -0.25) is 4.79 Å². The van der Waals surface area contributed by atoms with Gasteiger partial charge in [0.1, 0.15) is 0 Å². The van der Waals surface area contributed by atoms with Crippen molar-refractivity contribution in [1.82, 2.24) is 0 Å². The molecule has 1 aromatic carbocycles. The smallest absolute Gasteiger partial charge is 0.267 e. The van der Waals surface area contributed by atoms with E-state index in [9.17, 15) is 13.2 Å². The summed E-state index contributed by atoms with van der Waals surface area (Å²) in [6.45, 7) is 7.39. The van der Waals surface area contributed by atoms with Gasteiger partial charge in [0.15, 0.2) is 9.84 Å². The first kappa shape index (κ1) is 17.9. The number of hydrogen-bond donors (Lipinski definition) is 0. The van der Waals surface area contributed by atoms with Crippen LogP contribution in [-0.4, -0.2) is 27.3 Å². The SMILES string of the molecule is C=NC(=O)c1ccc(C2CCC(C)CC2)c(S(C)(=O)=O)c1CC. The minimum absolute atomic E-state index is 0.252. The van der Waals surface area contributed by atoms with Crippen LogP contribution in [0.25, 0.3) is 0 Å². The second-order valence-corrected chi connectivity index (χ2v) is 8.51. The molecule has 5 heteroatoms. The molecular weight excluding hydrogens is 310 g/mol. The van der Waals surface area contributed by atoms with Crippen molar-refractivity contribution in [3.8, 4) is 0 Å². The third kappa shape index (κ3) is 3.71. The molecule has 0 saturated heterocycles. The number of sulfone groups is 1. The summed E-state index contributed by atoms with van der Waals surface area (Å²) in [5.74, 6) is 0.488. The van der Waals surface area contributed by atoms with Crippen LogP contribution in [-0.2, 0) is 16.3 Å². The Morgan fingerprint density at radius 2 is 1.87 bits per heavy atom. The molecule has 23 heavy (non-hydrogen) atoms. The molecule has 2 rings (SSSR count). The lowest BCUT2D eigenvalue weighted by Crippen LogP contribution is -2.17. The molecule has 0 radical (unpaired) electrons. The van der Waals surface area contributed by atoms with E-state index in [0.717, 1.165) is 31.2 Å². The number of hydrogen-bond acceptors (Lipinski definition) is 3. The van der Waals surface area contributed by atoms with Gasteiger partial charge in [0.05, 0.1) is 4.90 Å². The molecule has 0 unspecified atom stereocenters. The first-order valence-electron chi connectivity index (χ1n) is 8.16. The predicted octanol–water partition coefficient (Wildman–Crippen LogP) is 3.79. The van der Waals surface area contributed by atoms with Crippen molar-refractivity contribution in [2.75, 3.05) is 6.26 Å². The van der Waals surface area contributed by atoms with Gasteiger partial charge < -0.3 is 0 Å². The maximum Gasteiger partial charge on any atom is 0.276 e. The van der Waals surface area contributed by atoms with Crippen molar-refractivity contribution in [2.24, 2.45) is 10.9 Å². The molecule has 0 aromatic heterocycles. The number of benzene rings is 1. The fraction of sp³-hybridized carbons (Fsp3) is 0.556. The fourth-order valence-electron chi connectivity index (χ4n) is 3.61. The second-order valence-electron chi connectivity index (χ2n) is 6.56. The van der Waals surface area contributed by atoms with Gasteiger partial charge >= 0.3 is 0 Å². The van der Waals surface area contributed by atoms with Crippen molar-refractivity contribution >= 4 is 22.5 Å². The number of amides is 1. The first-order valence-corrected chi connectivity index (χ1v) is 10.1. The zero-order valence-electron chi connectivity index (χ0n) is 14.1. The molecular formula is C18H25NO3S. The van der Waals surface area contributed by atoms with E-state index in [0.29, 0.717) is 28.4 Å². The van der Waals surface area contributed by atoms with E-state index in [4.69, 9.17) is 0 Å². The Morgan fingerprint density at radius 1 is 1.26 bits per heavy atom. The Balaban J connectivity index is 2.64. The normalized spacial score (nSPS) is 21.9. The van der Waals surface area contributed by atoms with E-state index in [2.05, 4.69) is 18.6 Å². The van der Waals surface area contributed by atoms with E-state index < -0.39 is 15.7 Å². The van der Waals surface area contributed by atoms with Crippen LogP contribution >= 0.6 is 0 Å². The summed E-state index contributed by atoms with van der Waals surface area (Å²) in [6, 6.07) is 3.53. The molecule has 1 aliphatic carbocycles. The van der Waals surface area contributed by atoms with Crippen molar-refractivity contribution < 1.29 is 13.2 Å². The minimum Gasteiger partial charge on any atom is -0.267 e. The van der Waals surface area contributed by atoms with Gasteiger partial charge in [0.2, 0.25) is 0 Å². The third-order valence-electron chi connectivity index (χ3n) is 4.84. The highest BCUT2D eigenvalue weighted by atomic mass is 32.2. The van der Waals surface area contributed by atoms with Crippen LogP contribution < -0.4 is 0 Å².